The van der Waals surface area contributed by atoms with E-state index in [4.69, 9.17) is 0 Å². The number of benzene rings is 2. The van der Waals surface area contributed by atoms with E-state index in [9.17, 15) is 14.0 Å². The van der Waals surface area contributed by atoms with Crippen molar-refractivity contribution in [3.8, 4) is 0 Å². The molecule has 6 heteroatoms. The zero-order valence-electron chi connectivity index (χ0n) is 16.6. The highest BCUT2D eigenvalue weighted by atomic mass is 19.1. The second-order valence-corrected chi connectivity index (χ2v) is 7.20. The van der Waals surface area contributed by atoms with Gasteiger partial charge in [0.1, 0.15) is 11.5 Å². The van der Waals surface area contributed by atoms with Crippen molar-refractivity contribution in [3.05, 3.63) is 101 Å². The van der Waals surface area contributed by atoms with Gasteiger partial charge in [0.25, 0.3) is 11.8 Å². The highest BCUT2D eigenvalue weighted by Crippen LogP contribution is 2.32. The van der Waals surface area contributed by atoms with Gasteiger partial charge in [0.05, 0.1) is 17.8 Å². The van der Waals surface area contributed by atoms with Gasteiger partial charge in [-0.1, -0.05) is 30.3 Å². The van der Waals surface area contributed by atoms with E-state index in [0.717, 1.165) is 16.0 Å². The summed E-state index contributed by atoms with van der Waals surface area (Å²) in [5.74, 6) is -1.31. The Labute approximate surface area is 173 Å². The number of hydrogen-bond acceptors (Lipinski definition) is 4. The van der Waals surface area contributed by atoms with Gasteiger partial charge in [-0.15, -0.1) is 0 Å². The van der Waals surface area contributed by atoms with Crippen molar-refractivity contribution in [2.75, 3.05) is 5.32 Å². The molecule has 0 bridgehead atoms. The first-order chi connectivity index (χ1) is 14.4. The van der Waals surface area contributed by atoms with E-state index in [1.807, 2.05) is 32.0 Å². The molecule has 150 valence electrons. The van der Waals surface area contributed by atoms with Gasteiger partial charge < -0.3 is 5.32 Å². The number of imide groups is 1. The van der Waals surface area contributed by atoms with E-state index < -0.39 is 17.6 Å². The Kier molecular flexibility index (Phi) is 5.14. The first-order valence-electron chi connectivity index (χ1n) is 9.54. The van der Waals surface area contributed by atoms with Crippen LogP contribution in [0.3, 0.4) is 0 Å². The van der Waals surface area contributed by atoms with Crippen LogP contribution in [0.1, 0.15) is 22.4 Å². The molecular formula is C24H20FN3O2. The molecule has 0 unspecified atom stereocenters. The summed E-state index contributed by atoms with van der Waals surface area (Å²) < 4.78 is 13.7. The molecule has 0 radical (unpaired) electrons. The van der Waals surface area contributed by atoms with Crippen molar-refractivity contribution in [1.82, 2.24) is 9.88 Å². The molecule has 2 heterocycles. The molecule has 30 heavy (non-hydrogen) atoms. The summed E-state index contributed by atoms with van der Waals surface area (Å²) in [5, 5.41) is 2.97. The van der Waals surface area contributed by atoms with Gasteiger partial charge >= 0.3 is 0 Å². The number of rotatable bonds is 5. The lowest BCUT2D eigenvalue weighted by Crippen LogP contribution is -2.32. The number of pyridine rings is 1. The van der Waals surface area contributed by atoms with Crippen molar-refractivity contribution in [2.45, 2.75) is 20.4 Å². The Bertz CT molecular complexity index is 1170. The average molecular weight is 401 g/mol. The SMILES string of the molecule is Cc1ccc(C2=C(Nc3cccc(F)c3)C(=O)N(Cc3ccccn3)C2=O)cc1C. The second-order valence-electron chi connectivity index (χ2n) is 7.20. The Hall–Kier alpha value is -3.80. The van der Waals surface area contributed by atoms with E-state index in [2.05, 4.69) is 10.3 Å². The van der Waals surface area contributed by atoms with E-state index >= 15 is 0 Å². The molecule has 0 saturated heterocycles. The number of nitrogens with one attached hydrogen (secondary N) is 1. The van der Waals surface area contributed by atoms with Gasteiger partial charge in [0.2, 0.25) is 0 Å². The van der Waals surface area contributed by atoms with Gasteiger partial charge in [-0.05, 0) is 60.9 Å². The number of carbonyl (C=O) groups is 2. The fourth-order valence-corrected chi connectivity index (χ4v) is 3.36. The molecule has 1 aliphatic heterocycles. The minimum Gasteiger partial charge on any atom is -0.350 e. The average Bonchev–Trinajstić information content (AvgIpc) is 2.95. The molecule has 0 spiro atoms. The van der Waals surface area contributed by atoms with Crippen molar-refractivity contribution in [2.24, 2.45) is 0 Å². The summed E-state index contributed by atoms with van der Waals surface area (Å²) in [6.45, 7) is 3.99. The number of amides is 2. The maximum absolute atomic E-state index is 13.7. The predicted molar refractivity (Wildman–Crippen MR) is 113 cm³/mol. The molecule has 1 aliphatic rings. The smallest absolute Gasteiger partial charge is 0.278 e. The largest absolute Gasteiger partial charge is 0.350 e. The first-order valence-corrected chi connectivity index (χ1v) is 9.54. The quantitative estimate of drug-likeness (QED) is 0.650. The Morgan fingerprint density at radius 1 is 0.933 bits per heavy atom. The van der Waals surface area contributed by atoms with Crippen LogP contribution in [-0.2, 0) is 16.1 Å². The fourth-order valence-electron chi connectivity index (χ4n) is 3.36. The summed E-state index contributed by atoms with van der Waals surface area (Å²) >= 11 is 0. The van der Waals surface area contributed by atoms with E-state index in [1.165, 1.54) is 12.1 Å². The van der Waals surface area contributed by atoms with Crippen molar-refractivity contribution in [1.29, 1.82) is 0 Å². The van der Waals surface area contributed by atoms with Crippen molar-refractivity contribution >= 4 is 23.1 Å². The van der Waals surface area contributed by atoms with Crippen LogP contribution in [0.25, 0.3) is 5.57 Å². The lowest BCUT2D eigenvalue weighted by atomic mass is 9.99. The molecule has 0 saturated carbocycles. The van der Waals surface area contributed by atoms with Crippen LogP contribution in [0.15, 0.2) is 72.6 Å². The summed E-state index contributed by atoms with van der Waals surface area (Å²) in [4.78, 5) is 31.9. The molecule has 1 N–H and O–H groups in total. The van der Waals surface area contributed by atoms with Crippen LogP contribution in [0, 0.1) is 19.7 Å². The molecular weight excluding hydrogens is 381 g/mol. The number of hydrogen-bond donors (Lipinski definition) is 1. The third kappa shape index (κ3) is 3.72. The second kappa shape index (κ2) is 7.91. The summed E-state index contributed by atoms with van der Waals surface area (Å²) in [5.41, 5.74) is 4.12. The number of aromatic nitrogens is 1. The zero-order chi connectivity index (χ0) is 21.3. The molecule has 3 aromatic rings. The van der Waals surface area contributed by atoms with Gasteiger partial charge in [-0.3, -0.25) is 19.5 Å². The minimum absolute atomic E-state index is 0.0567. The molecule has 1 aromatic heterocycles. The number of aryl methyl sites for hydroxylation is 2. The predicted octanol–water partition coefficient (Wildman–Crippen LogP) is 4.23. The monoisotopic (exact) mass is 401 g/mol. The minimum atomic E-state index is -0.469. The Morgan fingerprint density at radius 3 is 2.47 bits per heavy atom. The van der Waals surface area contributed by atoms with Gasteiger partial charge in [-0.25, -0.2) is 4.39 Å². The lowest BCUT2D eigenvalue weighted by Gasteiger charge is -2.15. The van der Waals surface area contributed by atoms with Crippen LogP contribution in [0.5, 0.6) is 0 Å². The van der Waals surface area contributed by atoms with Gasteiger partial charge in [0, 0.05) is 11.9 Å². The number of halogens is 1. The number of nitrogens with zero attached hydrogens (tertiary/aromatic N) is 2. The van der Waals surface area contributed by atoms with Crippen LogP contribution < -0.4 is 5.32 Å². The lowest BCUT2D eigenvalue weighted by molar-refractivity contribution is -0.137. The molecule has 5 nitrogen and oxygen atoms in total. The van der Waals surface area contributed by atoms with Crippen molar-refractivity contribution < 1.29 is 14.0 Å². The summed E-state index contributed by atoms with van der Waals surface area (Å²) in [7, 11) is 0. The van der Waals surface area contributed by atoms with Gasteiger partial charge in [-0.2, -0.15) is 0 Å². The van der Waals surface area contributed by atoms with Crippen LogP contribution >= 0.6 is 0 Å². The summed E-state index contributed by atoms with van der Waals surface area (Å²) in [6, 6.07) is 16.7. The molecule has 2 aromatic carbocycles. The number of anilines is 1. The first kappa shape index (κ1) is 19.5. The van der Waals surface area contributed by atoms with Crippen molar-refractivity contribution in [3.63, 3.8) is 0 Å². The topological polar surface area (TPSA) is 62.3 Å². The zero-order valence-corrected chi connectivity index (χ0v) is 16.6. The maximum atomic E-state index is 13.7. The highest BCUT2D eigenvalue weighted by molar-refractivity contribution is 6.36. The molecule has 0 atom stereocenters. The Balaban J connectivity index is 1.77. The normalized spacial score (nSPS) is 13.9. The molecule has 4 rings (SSSR count). The fraction of sp³-hybridized carbons (Fsp3) is 0.125. The maximum Gasteiger partial charge on any atom is 0.278 e. The molecule has 0 fully saturated rings. The van der Waals surface area contributed by atoms with Crippen LogP contribution in [0.2, 0.25) is 0 Å². The Morgan fingerprint density at radius 2 is 1.77 bits per heavy atom. The van der Waals surface area contributed by atoms with Gasteiger partial charge in [0.15, 0.2) is 0 Å². The number of carbonyl (C=O) groups excluding carboxylic acids is 2. The standard InChI is InChI=1S/C24H20FN3O2/c1-15-9-10-17(12-16(15)2)21-22(27-19-8-5-6-18(25)13-19)24(30)28(23(21)29)14-20-7-3-4-11-26-20/h3-13,27H,14H2,1-2H3. The van der Waals surface area contributed by atoms with E-state index in [0.29, 0.717) is 16.9 Å². The van der Waals surface area contributed by atoms with E-state index in [-0.39, 0.29) is 17.8 Å². The molecule has 0 aliphatic carbocycles. The highest BCUT2D eigenvalue weighted by Gasteiger charge is 2.39. The summed E-state index contributed by atoms with van der Waals surface area (Å²) in [6.07, 6.45) is 1.62. The molecule has 2 amide bonds. The third-order valence-corrected chi connectivity index (χ3v) is 5.10. The van der Waals surface area contributed by atoms with E-state index in [1.54, 1.807) is 36.5 Å². The third-order valence-electron chi connectivity index (χ3n) is 5.10. The van der Waals surface area contributed by atoms with Crippen LogP contribution in [-0.4, -0.2) is 21.7 Å². The van der Waals surface area contributed by atoms with Crippen LogP contribution in [0.4, 0.5) is 10.1 Å².